The minimum absolute atomic E-state index is 1.14. The Labute approximate surface area is 107 Å². The van der Waals surface area contributed by atoms with Crippen molar-refractivity contribution >= 4 is 0 Å². The summed E-state index contributed by atoms with van der Waals surface area (Å²) in [6.07, 6.45) is 0. The molecule has 0 unspecified atom stereocenters. The molecule has 1 aromatic heterocycles. The van der Waals surface area contributed by atoms with Crippen molar-refractivity contribution in [3.63, 3.8) is 0 Å². The highest BCUT2D eigenvalue weighted by molar-refractivity contribution is 5.60. The Morgan fingerprint density at radius 3 is 1.33 bits per heavy atom. The fraction of sp³-hybridized carbons (Fsp3) is 0. The van der Waals surface area contributed by atoms with E-state index >= 15 is 0 Å². The molecule has 18 heavy (non-hydrogen) atoms. The molecule has 3 rings (SSSR count). The van der Waals surface area contributed by atoms with Crippen molar-refractivity contribution in [3.05, 3.63) is 78.9 Å². The van der Waals surface area contributed by atoms with Crippen molar-refractivity contribution in [3.8, 4) is 22.5 Å². The first-order valence-corrected chi connectivity index (χ1v) is 6.07. The molecule has 1 nitrogen and oxygen atoms in total. The average Bonchev–Trinajstić information content (AvgIpc) is 2.49. The molecule has 86 valence electrons. The number of H-pyrrole nitrogens is 1. The first-order valence-electron chi connectivity index (χ1n) is 6.07. The van der Waals surface area contributed by atoms with Gasteiger partial charge >= 0.3 is 0 Å². The molecule has 0 radical (unpaired) electrons. The number of nitrogens with one attached hydrogen (secondary N) is 1. The van der Waals surface area contributed by atoms with Crippen LogP contribution in [0.2, 0.25) is 0 Å². The third-order valence-electron chi connectivity index (χ3n) is 2.96. The van der Waals surface area contributed by atoms with Crippen LogP contribution in [0.4, 0.5) is 0 Å². The second-order valence-electron chi connectivity index (χ2n) is 4.21. The maximum Gasteiger partial charge on any atom is 0.211 e. The SMILES string of the molecule is c1ccc(-c2cccc(-c3ccccc3)[nH+]2)cc1. The van der Waals surface area contributed by atoms with Gasteiger partial charge in [0.05, 0.1) is 0 Å². The van der Waals surface area contributed by atoms with E-state index in [1.54, 1.807) is 0 Å². The molecule has 0 saturated heterocycles. The normalized spacial score (nSPS) is 10.2. The highest BCUT2D eigenvalue weighted by Crippen LogP contribution is 2.18. The summed E-state index contributed by atoms with van der Waals surface area (Å²) in [7, 11) is 0. The number of pyridine rings is 1. The number of hydrogen-bond donors (Lipinski definition) is 0. The van der Waals surface area contributed by atoms with Crippen LogP contribution in [0.3, 0.4) is 0 Å². The van der Waals surface area contributed by atoms with Gasteiger partial charge < -0.3 is 0 Å². The third kappa shape index (κ3) is 2.16. The van der Waals surface area contributed by atoms with E-state index in [2.05, 4.69) is 71.7 Å². The minimum Gasteiger partial charge on any atom is -0.204 e. The van der Waals surface area contributed by atoms with Crippen LogP contribution in [-0.2, 0) is 0 Å². The number of hydrogen-bond acceptors (Lipinski definition) is 0. The number of aromatic nitrogens is 1. The van der Waals surface area contributed by atoms with Crippen LogP contribution in [0.15, 0.2) is 78.9 Å². The Morgan fingerprint density at radius 2 is 0.889 bits per heavy atom. The minimum atomic E-state index is 1.14. The standard InChI is InChI=1S/C17H13N/c1-3-8-14(9-4-1)16-12-7-13-17(18-16)15-10-5-2-6-11-15/h1-13H/p+1. The molecule has 0 fully saturated rings. The molecule has 0 aliphatic rings. The molecule has 0 bridgehead atoms. The Kier molecular flexibility index (Phi) is 2.89. The third-order valence-corrected chi connectivity index (χ3v) is 2.96. The molecule has 0 aliphatic heterocycles. The lowest BCUT2D eigenvalue weighted by Gasteiger charge is -1.98. The van der Waals surface area contributed by atoms with Gasteiger partial charge in [0, 0.05) is 23.3 Å². The number of aromatic amines is 1. The van der Waals surface area contributed by atoms with Crippen LogP contribution in [-0.4, -0.2) is 0 Å². The zero-order valence-corrected chi connectivity index (χ0v) is 10.0. The smallest absolute Gasteiger partial charge is 0.204 e. The number of rotatable bonds is 2. The fourth-order valence-corrected chi connectivity index (χ4v) is 2.04. The van der Waals surface area contributed by atoms with Crippen molar-refractivity contribution in [2.45, 2.75) is 0 Å². The van der Waals surface area contributed by atoms with Crippen LogP contribution < -0.4 is 4.98 Å². The van der Waals surface area contributed by atoms with Gasteiger partial charge in [0.1, 0.15) is 0 Å². The Balaban J connectivity index is 2.05. The van der Waals surface area contributed by atoms with Gasteiger partial charge in [-0.25, -0.2) is 4.98 Å². The Morgan fingerprint density at radius 1 is 0.444 bits per heavy atom. The van der Waals surface area contributed by atoms with Gasteiger partial charge in [-0.15, -0.1) is 0 Å². The molecular formula is C17H14N+. The summed E-state index contributed by atoms with van der Waals surface area (Å²) >= 11 is 0. The second-order valence-corrected chi connectivity index (χ2v) is 4.21. The van der Waals surface area contributed by atoms with Gasteiger partial charge in [-0.1, -0.05) is 36.4 Å². The van der Waals surface area contributed by atoms with Gasteiger partial charge in [-0.3, -0.25) is 0 Å². The van der Waals surface area contributed by atoms with E-state index in [1.165, 1.54) is 11.1 Å². The molecule has 1 heterocycles. The molecule has 0 aliphatic carbocycles. The lowest BCUT2D eigenvalue weighted by molar-refractivity contribution is -0.351. The van der Waals surface area contributed by atoms with Crippen molar-refractivity contribution in [1.29, 1.82) is 0 Å². The summed E-state index contributed by atoms with van der Waals surface area (Å²) in [6.45, 7) is 0. The molecule has 0 amide bonds. The highest BCUT2D eigenvalue weighted by atomic mass is 14.7. The van der Waals surface area contributed by atoms with Gasteiger partial charge in [0.2, 0.25) is 11.4 Å². The Hall–Kier alpha value is -2.41. The van der Waals surface area contributed by atoms with Crippen molar-refractivity contribution in [2.24, 2.45) is 0 Å². The quantitative estimate of drug-likeness (QED) is 0.637. The van der Waals surface area contributed by atoms with Crippen molar-refractivity contribution < 1.29 is 4.98 Å². The lowest BCUT2D eigenvalue weighted by atomic mass is 10.1. The van der Waals surface area contributed by atoms with E-state index < -0.39 is 0 Å². The van der Waals surface area contributed by atoms with Gasteiger partial charge in [-0.05, 0) is 30.3 Å². The van der Waals surface area contributed by atoms with E-state index in [1.807, 2.05) is 12.1 Å². The predicted octanol–water partition coefficient (Wildman–Crippen LogP) is 3.83. The number of benzene rings is 2. The zero-order chi connectivity index (χ0) is 12.2. The predicted molar refractivity (Wildman–Crippen MR) is 73.9 cm³/mol. The van der Waals surface area contributed by atoms with Gasteiger partial charge in [0.25, 0.3) is 0 Å². The zero-order valence-electron chi connectivity index (χ0n) is 10.0. The summed E-state index contributed by atoms with van der Waals surface area (Å²) in [5, 5.41) is 0. The summed E-state index contributed by atoms with van der Waals surface area (Å²) in [4.78, 5) is 3.48. The van der Waals surface area contributed by atoms with Crippen LogP contribution >= 0.6 is 0 Å². The molecule has 0 atom stereocenters. The van der Waals surface area contributed by atoms with E-state index in [4.69, 9.17) is 0 Å². The largest absolute Gasteiger partial charge is 0.211 e. The molecule has 1 N–H and O–H groups in total. The maximum atomic E-state index is 3.48. The van der Waals surface area contributed by atoms with Gasteiger partial charge in [-0.2, -0.15) is 0 Å². The molecule has 0 spiro atoms. The van der Waals surface area contributed by atoms with Crippen LogP contribution in [0, 0.1) is 0 Å². The molecular weight excluding hydrogens is 218 g/mol. The summed E-state index contributed by atoms with van der Waals surface area (Å²) in [5.74, 6) is 0. The van der Waals surface area contributed by atoms with E-state index in [0.29, 0.717) is 0 Å². The molecule has 0 saturated carbocycles. The lowest BCUT2D eigenvalue weighted by Crippen LogP contribution is -2.10. The van der Waals surface area contributed by atoms with Crippen molar-refractivity contribution in [2.75, 3.05) is 0 Å². The van der Waals surface area contributed by atoms with Crippen LogP contribution in [0.5, 0.6) is 0 Å². The van der Waals surface area contributed by atoms with E-state index in [9.17, 15) is 0 Å². The fourth-order valence-electron chi connectivity index (χ4n) is 2.04. The van der Waals surface area contributed by atoms with E-state index in [0.717, 1.165) is 11.4 Å². The van der Waals surface area contributed by atoms with Crippen molar-refractivity contribution in [1.82, 2.24) is 0 Å². The maximum absolute atomic E-state index is 3.48. The Bertz CT molecular complexity index is 575. The van der Waals surface area contributed by atoms with E-state index in [-0.39, 0.29) is 0 Å². The molecule has 2 aromatic carbocycles. The van der Waals surface area contributed by atoms with Crippen LogP contribution in [0.25, 0.3) is 22.5 Å². The summed E-state index contributed by atoms with van der Waals surface area (Å²) in [6, 6.07) is 27.0. The topological polar surface area (TPSA) is 14.1 Å². The monoisotopic (exact) mass is 232 g/mol. The average molecular weight is 232 g/mol. The molecule has 3 aromatic rings. The van der Waals surface area contributed by atoms with Crippen LogP contribution in [0.1, 0.15) is 0 Å². The second kappa shape index (κ2) is 4.84. The summed E-state index contributed by atoms with van der Waals surface area (Å²) in [5.41, 5.74) is 4.68. The first kappa shape index (κ1) is 10.7. The van der Waals surface area contributed by atoms with Gasteiger partial charge in [0.15, 0.2) is 0 Å². The highest BCUT2D eigenvalue weighted by Gasteiger charge is 2.08. The molecule has 1 heteroatoms. The summed E-state index contributed by atoms with van der Waals surface area (Å²) < 4.78 is 0. The first-order chi connectivity index (χ1) is 8.93.